The normalized spacial score (nSPS) is 12.9. The summed E-state index contributed by atoms with van der Waals surface area (Å²) in [5, 5.41) is 6.12. The average molecular weight is 673 g/mol. The minimum absolute atomic E-state index is 0.607. The van der Waals surface area contributed by atoms with Crippen LogP contribution in [0.25, 0.3) is 98.9 Å². The van der Waals surface area contributed by atoms with E-state index in [-0.39, 0.29) is 0 Å². The van der Waals surface area contributed by atoms with Crippen molar-refractivity contribution in [3.8, 4) is 39.9 Å². The number of furan rings is 1. The Morgan fingerprint density at radius 1 is 0.549 bits per heavy atom. The lowest BCUT2D eigenvalue weighted by Gasteiger charge is -2.12. The number of aromatic nitrogens is 4. The van der Waals surface area contributed by atoms with Gasteiger partial charge >= 0.3 is 0 Å². The van der Waals surface area contributed by atoms with Crippen molar-refractivity contribution in [3.05, 3.63) is 151 Å². The zero-order chi connectivity index (χ0) is 33.5. The highest BCUT2D eigenvalue weighted by Gasteiger charge is 2.23. The lowest BCUT2D eigenvalue weighted by atomic mass is 10.0. The second kappa shape index (κ2) is 11.1. The average Bonchev–Trinajstić information content (AvgIpc) is 3.87. The molecule has 6 heteroatoms. The highest BCUT2D eigenvalue weighted by molar-refractivity contribution is 7.26. The Kier molecular flexibility index (Phi) is 6.18. The van der Waals surface area contributed by atoms with Gasteiger partial charge in [-0.1, -0.05) is 103 Å². The molecule has 0 amide bonds. The lowest BCUT2D eigenvalue weighted by Crippen LogP contribution is -2.00. The maximum absolute atomic E-state index is 6.53. The molecule has 0 unspecified atom stereocenters. The Labute approximate surface area is 296 Å². The molecular formula is C45H28N4OS. The van der Waals surface area contributed by atoms with Crippen LogP contribution in [0.3, 0.4) is 0 Å². The molecule has 0 spiro atoms. The van der Waals surface area contributed by atoms with Gasteiger partial charge in [-0.3, -0.25) is 0 Å². The third-order valence-electron chi connectivity index (χ3n) is 10.1. The zero-order valence-electron chi connectivity index (χ0n) is 27.4. The van der Waals surface area contributed by atoms with E-state index in [4.69, 9.17) is 19.4 Å². The van der Waals surface area contributed by atoms with Crippen molar-refractivity contribution < 1.29 is 4.42 Å². The van der Waals surface area contributed by atoms with Crippen molar-refractivity contribution >= 4 is 70.4 Å². The second-order valence-electron chi connectivity index (χ2n) is 13.1. The smallest absolute Gasteiger partial charge is 0.164 e. The Bertz CT molecular complexity index is 2970. The van der Waals surface area contributed by atoms with Crippen molar-refractivity contribution in [1.82, 2.24) is 19.5 Å². The van der Waals surface area contributed by atoms with Crippen LogP contribution < -0.4 is 0 Å². The van der Waals surface area contributed by atoms with Gasteiger partial charge < -0.3 is 8.98 Å². The number of allylic oxidation sites excluding steroid dienone is 1. The molecule has 10 aromatic rings. The topological polar surface area (TPSA) is 56.7 Å². The largest absolute Gasteiger partial charge is 0.456 e. The van der Waals surface area contributed by atoms with E-state index in [9.17, 15) is 0 Å². The molecule has 1 aliphatic carbocycles. The first-order valence-corrected chi connectivity index (χ1v) is 18.1. The Morgan fingerprint density at radius 2 is 1.24 bits per heavy atom. The maximum Gasteiger partial charge on any atom is 0.164 e. The minimum Gasteiger partial charge on any atom is -0.456 e. The van der Waals surface area contributed by atoms with Crippen molar-refractivity contribution in [3.63, 3.8) is 0 Å². The molecule has 11 rings (SSSR count). The van der Waals surface area contributed by atoms with Gasteiger partial charge in [0.15, 0.2) is 17.5 Å². The fourth-order valence-corrected chi connectivity index (χ4v) is 8.98. The molecule has 1 aliphatic rings. The van der Waals surface area contributed by atoms with Crippen molar-refractivity contribution in [2.75, 3.05) is 0 Å². The molecule has 0 radical (unpaired) electrons. The minimum atomic E-state index is 0.607. The van der Waals surface area contributed by atoms with Crippen molar-refractivity contribution in [2.45, 2.75) is 12.8 Å². The molecule has 4 heterocycles. The van der Waals surface area contributed by atoms with E-state index in [1.54, 1.807) is 0 Å². The molecule has 0 atom stereocenters. The first-order valence-electron chi connectivity index (χ1n) is 17.2. The van der Waals surface area contributed by atoms with Crippen LogP contribution in [0.15, 0.2) is 144 Å². The summed E-state index contributed by atoms with van der Waals surface area (Å²) in [5.41, 5.74) is 9.54. The number of thiophene rings is 1. The van der Waals surface area contributed by atoms with Crippen LogP contribution in [0.4, 0.5) is 0 Å². The van der Waals surface area contributed by atoms with Crippen LogP contribution in [0.2, 0.25) is 0 Å². The van der Waals surface area contributed by atoms with E-state index in [0.29, 0.717) is 17.5 Å². The number of fused-ring (bicyclic) bond motifs is 10. The van der Waals surface area contributed by atoms with E-state index >= 15 is 0 Å². The van der Waals surface area contributed by atoms with E-state index in [1.165, 1.54) is 42.3 Å². The molecule has 6 aromatic carbocycles. The Morgan fingerprint density at radius 3 is 2.02 bits per heavy atom. The van der Waals surface area contributed by atoms with Gasteiger partial charge in [0.1, 0.15) is 11.2 Å². The summed E-state index contributed by atoms with van der Waals surface area (Å²) in [6.45, 7) is 0. The van der Waals surface area contributed by atoms with Gasteiger partial charge in [0.05, 0.1) is 10.2 Å². The summed E-state index contributed by atoms with van der Waals surface area (Å²) >= 11 is 1.89. The molecule has 0 saturated carbocycles. The monoisotopic (exact) mass is 672 g/mol. The third kappa shape index (κ3) is 4.43. The predicted molar refractivity (Wildman–Crippen MR) is 210 cm³/mol. The standard InChI is InChI=1S/C45H28N4OS/c1-3-11-27(12-4-1)43-46-44(28-13-5-2-6-14-28)48-45(47-43)29-19-21-32-36-26-30(20-24-38(36)50-39(32)25-29)49-37-17-9-7-15-31(37)34-22-23-35-33-16-8-10-18-40(33)51-42(35)41(34)49/h1-6,8-14,16-26H,7,15H2. The second-order valence-corrected chi connectivity index (χ2v) is 14.2. The van der Waals surface area contributed by atoms with Gasteiger partial charge in [0, 0.05) is 59.7 Å². The quantitative estimate of drug-likeness (QED) is 0.187. The van der Waals surface area contributed by atoms with Crippen LogP contribution in [-0.4, -0.2) is 19.5 Å². The molecule has 0 saturated heterocycles. The van der Waals surface area contributed by atoms with E-state index < -0.39 is 0 Å². The van der Waals surface area contributed by atoms with Crippen LogP contribution in [0.1, 0.15) is 17.7 Å². The summed E-state index contributed by atoms with van der Waals surface area (Å²) < 4.78 is 11.7. The third-order valence-corrected chi connectivity index (χ3v) is 11.3. The fourth-order valence-electron chi connectivity index (χ4n) is 7.74. The molecule has 0 bridgehead atoms. The molecule has 51 heavy (non-hydrogen) atoms. The van der Waals surface area contributed by atoms with Crippen LogP contribution in [-0.2, 0) is 6.42 Å². The fraction of sp³-hybridized carbons (Fsp3) is 0.0444. The van der Waals surface area contributed by atoms with Gasteiger partial charge in [0.25, 0.3) is 0 Å². The Balaban J connectivity index is 1.09. The van der Waals surface area contributed by atoms with Gasteiger partial charge in [-0.05, 0) is 60.9 Å². The summed E-state index contributed by atoms with van der Waals surface area (Å²) in [6, 6.07) is 46.4. The number of hydrogen-bond donors (Lipinski definition) is 0. The SMILES string of the molecule is C1=Cc2c(c3ccc4c5ccccc5sc4c3n2-c2ccc3oc4cc(-c5nc(-c6ccccc6)nc(-c6ccccc6)n5)ccc4c3c2)CC1. The van der Waals surface area contributed by atoms with Gasteiger partial charge in [-0.15, -0.1) is 11.3 Å². The molecular weight excluding hydrogens is 645 g/mol. The number of benzene rings is 6. The number of rotatable bonds is 4. The van der Waals surface area contributed by atoms with Gasteiger partial charge in [0.2, 0.25) is 0 Å². The van der Waals surface area contributed by atoms with Crippen LogP contribution >= 0.6 is 11.3 Å². The highest BCUT2D eigenvalue weighted by atomic mass is 32.1. The summed E-state index contributed by atoms with van der Waals surface area (Å²) in [5.74, 6) is 1.88. The summed E-state index contributed by atoms with van der Waals surface area (Å²) in [6.07, 6.45) is 6.72. The van der Waals surface area contributed by atoms with E-state index in [0.717, 1.165) is 57.2 Å². The van der Waals surface area contributed by atoms with Gasteiger partial charge in [-0.25, -0.2) is 15.0 Å². The number of nitrogens with zero attached hydrogens (tertiary/aromatic N) is 4. The van der Waals surface area contributed by atoms with E-state index in [2.05, 4.69) is 89.5 Å². The predicted octanol–water partition coefficient (Wildman–Crippen LogP) is 12.0. The maximum atomic E-state index is 6.53. The molecule has 0 N–H and O–H groups in total. The lowest BCUT2D eigenvalue weighted by molar-refractivity contribution is 0.669. The molecule has 0 fully saturated rings. The highest BCUT2D eigenvalue weighted by Crippen LogP contribution is 2.44. The summed E-state index contributed by atoms with van der Waals surface area (Å²) in [7, 11) is 0. The van der Waals surface area contributed by atoms with Crippen LogP contribution in [0, 0.1) is 0 Å². The summed E-state index contributed by atoms with van der Waals surface area (Å²) in [4.78, 5) is 14.8. The molecule has 240 valence electrons. The number of hydrogen-bond acceptors (Lipinski definition) is 5. The number of aryl methyl sites for hydroxylation is 1. The molecule has 0 aliphatic heterocycles. The van der Waals surface area contributed by atoms with Crippen molar-refractivity contribution in [1.29, 1.82) is 0 Å². The van der Waals surface area contributed by atoms with Crippen molar-refractivity contribution in [2.24, 2.45) is 0 Å². The first-order chi connectivity index (χ1) is 25.3. The zero-order valence-corrected chi connectivity index (χ0v) is 28.2. The van der Waals surface area contributed by atoms with E-state index in [1.807, 2.05) is 72.0 Å². The first kappa shape index (κ1) is 28.5. The molecule has 5 nitrogen and oxygen atoms in total. The Hall–Kier alpha value is -6.37. The van der Waals surface area contributed by atoms with Gasteiger partial charge in [-0.2, -0.15) is 0 Å². The van der Waals surface area contributed by atoms with Crippen LogP contribution in [0.5, 0.6) is 0 Å². The molecule has 4 aromatic heterocycles.